The first kappa shape index (κ1) is 60.6. The number of hydrogen-bond acceptors (Lipinski definition) is 15. The Balaban J connectivity index is 0.000000281. The second kappa shape index (κ2) is 26.3. The fourth-order valence-electron chi connectivity index (χ4n) is 8.28. The molecule has 0 spiro atoms. The van der Waals surface area contributed by atoms with Gasteiger partial charge in [-0.05, 0) is 132 Å². The Morgan fingerprint density at radius 3 is 1.40 bits per heavy atom. The van der Waals surface area contributed by atoms with Gasteiger partial charge in [0.1, 0.15) is 35.1 Å². The van der Waals surface area contributed by atoms with Crippen molar-refractivity contribution in [2.24, 2.45) is 0 Å². The molecule has 4 saturated heterocycles. The second-order valence-corrected chi connectivity index (χ2v) is 20.9. The molecule has 4 bridgehead atoms. The predicted octanol–water partition coefficient (Wildman–Crippen LogP) is 7.22. The average molecular weight is 1020 g/mol. The van der Waals surface area contributed by atoms with Gasteiger partial charge in [0.15, 0.2) is 11.5 Å². The maximum Gasteiger partial charge on any atom is 1.00 e. The first-order valence-corrected chi connectivity index (χ1v) is 23.7. The Morgan fingerprint density at radius 2 is 1.00 bits per heavy atom. The van der Waals surface area contributed by atoms with E-state index in [4.69, 9.17) is 35.3 Å². The van der Waals surface area contributed by atoms with Crippen LogP contribution in [0, 0.1) is 27.7 Å². The summed E-state index contributed by atoms with van der Waals surface area (Å²) < 4.78 is 28.9. The van der Waals surface area contributed by atoms with Crippen LogP contribution < -0.4 is 70.7 Å². The van der Waals surface area contributed by atoms with E-state index < -0.39 is 16.8 Å². The molecule has 4 unspecified atom stereocenters. The quantitative estimate of drug-likeness (QED) is 0.149. The minimum atomic E-state index is -0.750. The molecule has 380 valence electrons. The van der Waals surface area contributed by atoms with Gasteiger partial charge in [-0.15, -0.1) is 5.60 Å². The van der Waals surface area contributed by atoms with Crippen LogP contribution in [0.5, 0.6) is 29.1 Å². The van der Waals surface area contributed by atoms with Crippen LogP contribution in [-0.2, 0) is 9.47 Å². The zero-order chi connectivity index (χ0) is 50.1. The molecule has 19 heteroatoms. The summed E-state index contributed by atoms with van der Waals surface area (Å²) in [7, 11) is 0. The monoisotopic (exact) mass is 1020 g/mol. The van der Waals surface area contributed by atoms with Gasteiger partial charge in [0.05, 0.1) is 23.1 Å². The minimum Gasteiger partial charge on any atom is -0.850 e. The van der Waals surface area contributed by atoms with Gasteiger partial charge in [0.25, 0.3) is 0 Å². The molecule has 4 aromatic heterocycles. The Morgan fingerprint density at radius 1 is 0.629 bits per heavy atom. The summed E-state index contributed by atoms with van der Waals surface area (Å²) in [5, 5.41) is 20.1. The van der Waals surface area contributed by atoms with E-state index in [0.29, 0.717) is 52.7 Å². The molecular formula is C51H74ClKN8O9. The number of aryl methyl sites for hydroxylation is 2. The molecular weight excluding hydrogens is 943 g/mol. The van der Waals surface area contributed by atoms with Crippen LogP contribution in [0.3, 0.4) is 0 Å². The number of aromatic nitrogens is 6. The SMILES string of the molecule is C.CC(C)(C)OC(=O)N1C2CC[C@H]1CC(O)C2.CC(C)(C)[O-].Cc1ncccc1Oc1ncnc(Cl)c1C.Cc1ncccc1Oc1ncnc(OC2CC3CCC(C2)N3C(=O)OC(C)(C)C)c1C.[K+]. The molecule has 70 heavy (non-hydrogen) atoms. The van der Waals surface area contributed by atoms with E-state index in [0.717, 1.165) is 55.5 Å². The first-order chi connectivity index (χ1) is 31.8. The zero-order valence-electron chi connectivity index (χ0n) is 42.9. The normalized spacial score (nSPS) is 21.1. The molecule has 2 amide bonds. The maximum atomic E-state index is 12.7. The molecule has 4 aliphatic rings. The molecule has 4 aliphatic heterocycles. The topological polar surface area (TPSA) is 207 Å². The number of ether oxygens (including phenoxy) is 5. The fraction of sp³-hybridized carbons (Fsp3) is 0.608. The molecule has 4 aromatic rings. The number of pyridine rings is 2. The van der Waals surface area contributed by atoms with Crippen LogP contribution in [0.4, 0.5) is 9.59 Å². The summed E-state index contributed by atoms with van der Waals surface area (Å²) in [5.74, 6) is 2.74. The van der Waals surface area contributed by atoms with Gasteiger partial charge >= 0.3 is 63.6 Å². The second-order valence-electron chi connectivity index (χ2n) is 20.6. The summed E-state index contributed by atoms with van der Waals surface area (Å²) in [4.78, 5) is 53.3. The van der Waals surface area contributed by atoms with Crippen molar-refractivity contribution >= 4 is 23.8 Å². The Bertz CT molecular complexity index is 2290. The van der Waals surface area contributed by atoms with Gasteiger partial charge in [-0.3, -0.25) is 9.97 Å². The van der Waals surface area contributed by atoms with Crippen molar-refractivity contribution in [3.8, 4) is 29.1 Å². The number of halogens is 1. The maximum absolute atomic E-state index is 12.7. The summed E-state index contributed by atoms with van der Waals surface area (Å²) in [6.45, 7) is 23.7. The standard InChI is InChI=1S/C23H30N4O4.C12H21NO3.C11H10ClN3O.C4H9O.CH4.K/c1-14-20(25-13-26-21(14)30-19-7-6-10-24-15(19)2)29-18-11-16-8-9-17(12-18)27(16)22(28)31-23(3,4)5;1-12(2,3)16-11(15)13-8-4-5-9(13)7-10(14)6-8;1-7-10(12)14-6-15-11(7)16-9-4-3-5-13-8(9)2;1-4(2,3)5;;/h6-7,10,13,16-18H,8-9,11-12H2,1-5H3;8-10,14H,4-7H2,1-3H3;3-6H,1-2H3;1-3H3;1H4;/q;;;-1;;+1/t;8-,9?,10?;;;;/m.0..../s1. The molecule has 5 atom stereocenters. The van der Waals surface area contributed by atoms with E-state index in [1.807, 2.05) is 97.2 Å². The van der Waals surface area contributed by atoms with Crippen LogP contribution in [0.15, 0.2) is 49.3 Å². The first-order valence-electron chi connectivity index (χ1n) is 23.3. The number of carbonyl (C=O) groups excluding carboxylic acids is 2. The van der Waals surface area contributed by atoms with Crippen molar-refractivity contribution in [3.05, 3.63) is 77.0 Å². The van der Waals surface area contributed by atoms with Crippen LogP contribution in [-0.4, -0.2) is 110 Å². The number of rotatable bonds is 6. The van der Waals surface area contributed by atoms with E-state index >= 15 is 0 Å². The van der Waals surface area contributed by atoms with Gasteiger partial charge in [-0.1, -0.05) is 39.8 Å². The molecule has 4 fully saturated rings. The number of aliphatic hydroxyl groups is 1. The number of fused-ring (bicyclic) bond motifs is 4. The number of carbonyl (C=O) groups is 2. The molecule has 0 radical (unpaired) electrons. The van der Waals surface area contributed by atoms with Crippen molar-refractivity contribution in [1.82, 2.24) is 39.7 Å². The van der Waals surface area contributed by atoms with Crippen molar-refractivity contribution in [2.75, 3.05) is 0 Å². The molecule has 8 rings (SSSR count). The third kappa shape index (κ3) is 18.4. The van der Waals surface area contributed by atoms with Crippen molar-refractivity contribution in [2.45, 2.75) is 202 Å². The molecule has 17 nitrogen and oxygen atoms in total. The number of aliphatic hydroxyl groups excluding tert-OH is 1. The van der Waals surface area contributed by atoms with E-state index in [9.17, 15) is 19.8 Å². The molecule has 8 heterocycles. The predicted molar refractivity (Wildman–Crippen MR) is 262 cm³/mol. The molecule has 0 aromatic carbocycles. The van der Waals surface area contributed by atoms with E-state index in [1.54, 1.807) is 39.2 Å². The Kier molecular flexibility index (Phi) is 22.7. The number of amides is 2. The van der Waals surface area contributed by atoms with Gasteiger partial charge in [0.2, 0.25) is 17.6 Å². The molecule has 0 aliphatic carbocycles. The average Bonchev–Trinajstić information content (AvgIpc) is 3.67. The zero-order valence-corrected chi connectivity index (χ0v) is 46.8. The van der Waals surface area contributed by atoms with Crippen LogP contribution in [0.1, 0.15) is 144 Å². The fourth-order valence-corrected chi connectivity index (χ4v) is 8.40. The summed E-state index contributed by atoms with van der Waals surface area (Å²) >= 11 is 5.87. The number of nitrogens with zero attached hydrogens (tertiary/aromatic N) is 8. The van der Waals surface area contributed by atoms with Crippen molar-refractivity contribution < 1.29 is 94.9 Å². The molecule has 0 saturated carbocycles. The Labute approximate surface area is 462 Å². The summed E-state index contributed by atoms with van der Waals surface area (Å²) in [5.41, 5.74) is 1.36. The van der Waals surface area contributed by atoms with Gasteiger partial charge in [-0.2, -0.15) is 0 Å². The van der Waals surface area contributed by atoms with E-state index in [2.05, 4.69) is 29.9 Å². The van der Waals surface area contributed by atoms with Gasteiger partial charge in [-0.25, -0.2) is 29.5 Å². The smallest absolute Gasteiger partial charge is 0.850 e. The largest absolute Gasteiger partial charge is 1.00 e. The van der Waals surface area contributed by atoms with Crippen LogP contribution in [0.2, 0.25) is 5.15 Å². The number of piperidine rings is 2. The minimum absolute atomic E-state index is 0. The third-order valence-corrected chi connectivity index (χ3v) is 11.6. The Hall–Kier alpha value is -3.75. The van der Waals surface area contributed by atoms with Crippen molar-refractivity contribution in [1.29, 1.82) is 0 Å². The van der Waals surface area contributed by atoms with Gasteiger partial charge < -0.3 is 43.7 Å². The number of hydrogen-bond donors (Lipinski definition) is 1. The van der Waals surface area contributed by atoms with Crippen LogP contribution in [0.25, 0.3) is 0 Å². The van der Waals surface area contributed by atoms with E-state index in [-0.39, 0.29) is 107 Å². The van der Waals surface area contributed by atoms with E-state index in [1.165, 1.54) is 12.7 Å². The van der Waals surface area contributed by atoms with Crippen LogP contribution >= 0.6 is 11.6 Å². The van der Waals surface area contributed by atoms with Gasteiger partial charge in [0, 0.05) is 55.0 Å². The summed E-state index contributed by atoms with van der Waals surface area (Å²) in [6, 6.07) is 7.95. The van der Waals surface area contributed by atoms with Crippen molar-refractivity contribution in [3.63, 3.8) is 0 Å². The summed E-state index contributed by atoms with van der Waals surface area (Å²) in [6.07, 6.45) is 12.4. The third-order valence-electron chi connectivity index (χ3n) is 11.2. The molecule has 1 N–H and O–H groups in total.